The summed E-state index contributed by atoms with van der Waals surface area (Å²) in [7, 11) is 1.73. The van der Waals surface area contributed by atoms with Crippen LogP contribution in [0.5, 0.6) is 5.75 Å². The Labute approximate surface area is 229 Å². The highest BCUT2D eigenvalue weighted by Gasteiger charge is 2.29. The van der Waals surface area contributed by atoms with Crippen LogP contribution in [0.15, 0.2) is 53.5 Å². The van der Waals surface area contributed by atoms with Crippen LogP contribution in [0, 0.1) is 0 Å². The van der Waals surface area contributed by atoms with Gasteiger partial charge in [0.05, 0.1) is 30.5 Å². The van der Waals surface area contributed by atoms with Gasteiger partial charge in [0, 0.05) is 60.5 Å². The summed E-state index contributed by atoms with van der Waals surface area (Å²) in [5.74, 6) is 0.867. The second-order valence-corrected chi connectivity index (χ2v) is 10.5. The van der Waals surface area contributed by atoms with Crippen molar-refractivity contribution in [3.8, 4) is 17.0 Å². The largest absolute Gasteiger partial charge is 0.490 e. The number of carbonyl (C=O) groups is 1. The molecule has 39 heavy (non-hydrogen) atoms. The molecule has 8 nitrogen and oxygen atoms in total. The van der Waals surface area contributed by atoms with E-state index in [4.69, 9.17) is 19.9 Å². The molecular weight excluding hydrogens is 492 g/mol. The van der Waals surface area contributed by atoms with E-state index in [0.29, 0.717) is 17.4 Å². The van der Waals surface area contributed by atoms with E-state index in [9.17, 15) is 4.79 Å². The number of aliphatic imine (C=N–C) groups is 1. The van der Waals surface area contributed by atoms with Crippen LogP contribution in [0.2, 0.25) is 0 Å². The molecule has 1 aliphatic carbocycles. The van der Waals surface area contributed by atoms with Gasteiger partial charge >= 0.3 is 6.09 Å². The Morgan fingerprint density at radius 3 is 2.51 bits per heavy atom. The number of aromatic nitrogens is 1. The first-order valence-electron chi connectivity index (χ1n) is 13.8. The van der Waals surface area contributed by atoms with Gasteiger partial charge in [-0.1, -0.05) is 12.1 Å². The number of amides is 1. The van der Waals surface area contributed by atoms with Gasteiger partial charge in [-0.05, 0) is 69.0 Å². The Morgan fingerprint density at radius 2 is 1.87 bits per heavy atom. The number of ether oxygens (including phenoxy) is 3. The zero-order valence-electron chi connectivity index (χ0n) is 23.0. The maximum atomic E-state index is 12.1. The van der Waals surface area contributed by atoms with Crippen LogP contribution < -0.4 is 15.8 Å². The molecule has 2 fully saturated rings. The molecule has 8 heteroatoms. The smallest absolute Gasteiger partial charge is 0.411 e. The van der Waals surface area contributed by atoms with Crippen molar-refractivity contribution in [1.82, 2.24) is 4.57 Å². The summed E-state index contributed by atoms with van der Waals surface area (Å²) in [5.41, 5.74) is 12.2. The van der Waals surface area contributed by atoms with Crippen LogP contribution in [0.3, 0.4) is 0 Å². The Balaban J connectivity index is 1.60. The number of carbonyl (C=O) groups excluding carboxylic acids is 1. The van der Waals surface area contributed by atoms with Gasteiger partial charge in [0.25, 0.3) is 0 Å². The molecule has 2 aliphatic rings. The van der Waals surface area contributed by atoms with Gasteiger partial charge in [0.15, 0.2) is 0 Å². The topological polar surface area (TPSA) is 100 Å². The summed E-state index contributed by atoms with van der Waals surface area (Å²) >= 11 is 0. The molecule has 2 heterocycles. The lowest BCUT2D eigenvalue weighted by atomic mass is 9.92. The van der Waals surface area contributed by atoms with E-state index in [0.717, 1.165) is 72.4 Å². The first-order valence-corrected chi connectivity index (χ1v) is 13.8. The Kier molecular flexibility index (Phi) is 8.21. The molecule has 0 unspecified atom stereocenters. The van der Waals surface area contributed by atoms with Gasteiger partial charge in [-0.25, -0.2) is 4.79 Å². The number of nitrogens with one attached hydrogen (secondary N) is 1. The Bertz CT molecular complexity index is 1360. The zero-order valence-corrected chi connectivity index (χ0v) is 23.0. The van der Waals surface area contributed by atoms with Crippen molar-refractivity contribution in [2.45, 2.75) is 64.2 Å². The average molecular weight is 531 g/mol. The van der Waals surface area contributed by atoms with Crippen molar-refractivity contribution in [2.24, 2.45) is 10.7 Å². The minimum atomic E-state index is -0.467. The van der Waals surface area contributed by atoms with E-state index in [1.165, 1.54) is 6.42 Å². The highest BCUT2D eigenvalue weighted by atomic mass is 16.6. The molecule has 1 aromatic heterocycles. The quantitative estimate of drug-likeness (QED) is 0.322. The highest BCUT2D eigenvalue weighted by Crippen LogP contribution is 2.45. The predicted molar refractivity (Wildman–Crippen MR) is 157 cm³/mol. The SMILES string of the molecule is CN=CC=C(N)c1c(-c2ccc(NC(=O)OC(C)C)cc2)n(C2CCC2)c2cc(OC3CCOCC3)ccc12. The third kappa shape index (κ3) is 5.96. The Hall–Kier alpha value is -3.78. The number of nitrogens with zero attached hydrogens (tertiary/aromatic N) is 2. The normalized spacial score (nSPS) is 17.1. The standard InChI is InChI=1S/C31H38N4O4/c1-20(2)38-31(36)34-22-9-7-21(8-10-22)30-29(27(32)13-16-33-3)26-12-11-25(39-24-14-17-37-18-15-24)19-28(26)35(30)23-5-4-6-23/h7-13,16,19-20,23-24H,4-6,14-15,17-18,32H2,1-3H3,(H,34,36). The summed E-state index contributed by atoms with van der Waals surface area (Å²) in [6.07, 6.45) is 8.31. The van der Waals surface area contributed by atoms with Crippen LogP contribution >= 0.6 is 0 Å². The molecule has 2 aromatic carbocycles. The zero-order chi connectivity index (χ0) is 27.4. The number of rotatable bonds is 8. The minimum Gasteiger partial charge on any atom is -0.490 e. The molecule has 3 aromatic rings. The lowest BCUT2D eigenvalue weighted by molar-refractivity contribution is 0.0256. The molecule has 0 spiro atoms. The van der Waals surface area contributed by atoms with E-state index in [1.807, 2.05) is 50.3 Å². The maximum Gasteiger partial charge on any atom is 0.411 e. The first-order chi connectivity index (χ1) is 18.9. The second-order valence-electron chi connectivity index (χ2n) is 10.5. The number of hydrogen-bond donors (Lipinski definition) is 2. The molecule has 0 radical (unpaired) electrons. The highest BCUT2D eigenvalue weighted by molar-refractivity contribution is 6.03. The number of hydrogen-bond acceptors (Lipinski definition) is 6. The van der Waals surface area contributed by atoms with Crippen molar-refractivity contribution in [1.29, 1.82) is 0 Å². The summed E-state index contributed by atoms with van der Waals surface area (Å²) in [4.78, 5) is 16.2. The van der Waals surface area contributed by atoms with Gasteiger partial charge in [0.2, 0.25) is 0 Å². The minimum absolute atomic E-state index is 0.162. The third-order valence-electron chi connectivity index (χ3n) is 7.33. The molecule has 0 atom stereocenters. The van der Waals surface area contributed by atoms with E-state index in [-0.39, 0.29) is 12.2 Å². The van der Waals surface area contributed by atoms with Crippen molar-refractivity contribution >= 4 is 34.6 Å². The van der Waals surface area contributed by atoms with Gasteiger partial charge < -0.3 is 24.5 Å². The third-order valence-corrected chi connectivity index (χ3v) is 7.33. The number of nitrogens with two attached hydrogens (primary N) is 1. The van der Waals surface area contributed by atoms with E-state index >= 15 is 0 Å². The molecule has 1 aliphatic heterocycles. The van der Waals surface area contributed by atoms with Crippen molar-refractivity contribution in [2.75, 3.05) is 25.6 Å². The fourth-order valence-corrected chi connectivity index (χ4v) is 5.26. The van der Waals surface area contributed by atoms with Crippen LogP contribution in [0.4, 0.5) is 10.5 Å². The molecule has 1 amide bonds. The van der Waals surface area contributed by atoms with E-state index in [2.05, 4.69) is 27.0 Å². The monoisotopic (exact) mass is 530 g/mol. The molecular formula is C31H38N4O4. The number of anilines is 1. The lowest BCUT2D eigenvalue weighted by Gasteiger charge is -2.30. The van der Waals surface area contributed by atoms with Crippen LogP contribution in [0.1, 0.15) is 57.6 Å². The molecule has 3 N–H and O–H groups in total. The lowest BCUT2D eigenvalue weighted by Crippen LogP contribution is -2.25. The van der Waals surface area contributed by atoms with Gasteiger partial charge in [-0.2, -0.15) is 0 Å². The first kappa shape index (κ1) is 26.8. The van der Waals surface area contributed by atoms with E-state index in [1.54, 1.807) is 13.3 Å². The Morgan fingerprint density at radius 1 is 1.13 bits per heavy atom. The molecule has 1 saturated carbocycles. The predicted octanol–water partition coefficient (Wildman–Crippen LogP) is 6.55. The summed E-state index contributed by atoms with van der Waals surface area (Å²) in [6.45, 7) is 5.12. The summed E-state index contributed by atoms with van der Waals surface area (Å²) < 4.78 is 19.6. The molecule has 206 valence electrons. The van der Waals surface area contributed by atoms with Crippen LogP contribution in [-0.4, -0.2) is 49.3 Å². The van der Waals surface area contributed by atoms with Crippen LogP contribution in [-0.2, 0) is 9.47 Å². The number of benzene rings is 2. The van der Waals surface area contributed by atoms with Crippen molar-refractivity contribution in [3.63, 3.8) is 0 Å². The molecule has 1 saturated heterocycles. The fourth-order valence-electron chi connectivity index (χ4n) is 5.26. The number of fused-ring (bicyclic) bond motifs is 1. The van der Waals surface area contributed by atoms with Crippen molar-refractivity contribution < 1.29 is 19.0 Å². The summed E-state index contributed by atoms with van der Waals surface area (Å²) in [5, 5.41) is 3.88. The van der Waals surface area contributed by atoms with Crippen LogP contribution in [0.25, 0.3) is 27.9 Å². The van der Waals surface area contributed by atoms with Gasteiger partial charge in [0.1, 0.15) is 11.9 Å². The average Bonchev–Trinajstić information content (AvgIpc) is 3.21. The van der Waals surface area contributed by atoms with Gasteiger partial charge in [-0.15, -0.1) is 0 Å². The van der Waals surface area contributed by atoms with E-state index < -0.39 is 6.09 Å². The molecule has 5 rings (SSSR count). The molecule has 0 bridgehead atoms. The number of allylic oxidation sites excluding steroid dienone is 1. The summed E-state index contributed by atoms with van der Waals surface area (Å²) in [6, 6.07) is 14.6. The van der Waals surface area contributed by atoms with Gasteiger partial charge in [-0.3, -0.25) is 10.3 Å². The fraction of sp³-hybridized carbons (Fsp3) is 0.419. The van der Waals surface area contributed by atoms with Crippen molar-refractivity contribution in [3.05, 3.63) is 54.1 Å². The second kappa shape index (κ2) is 11.9. The maximum absolute atomic E-state index is 12.1.